The van der Waals surface area contributed by atoms with Gasteiger partial charge in [-0.15, -0.1) is 24.8 Å². The Labute approximate surface area is 99.9 Å². The van der Waals surface area contributed by atoms with Gasteiger partial charge in [-0.2, -0.15) is 0 Å². The molecule has 1 rings (SSSR count). The average molecular weight is 272 g/mol. The van der Waals surface area contributed by atoms with E-state index in [2.05, 4.69) is 9.72 Å². The molecule has 0 saturated carbocycles. The summed E-state index contributed by atoms with van der Waals surface area (Å²) in [5.41, 5.74) is -0.0290. The van der Waals surface area contributed by atoms with E-state index >= 15 is 0 Å². The van der Waals surface area contributed by atoms with Gasteiger partial charge in [0.15, 0.2) is 0 Å². The molecule has 0 unspecified atom stereocenters. The molecule has 0 aromatic carbocycles. The largest absolute Gasteiger partial charge is 0.574 e. The lowest BCUT2D eigenvalue weighted by atomic mass is 10.2. The Kier molecular flexibility index (Phi) is 4.41. The van der Waals surface area contributed by atoms with Crippen LogP contribution in [0.25, 0.3) is 0 Å². The standard InChI is InChI=1S/C9H9ClF3NO3/c1-16-7-2-5(4-15)14-8(6(7)3-10)17-9(11,12)13/h2,15H,3-4H2,1H3. The number of hydrogen-bond acceptors (Lipinski definition) is 4. The van der Waals surface area contributed by atoms with Crippen LogP contribution in [0.15, 0.2) is 6.07 Å². The zero-order chi connectivity index (χ0) is 13.1. The van der Waals surface area contributed by atoms with E-state index in [1.54, 1.807) is 0 Å². The van der Waals surface area contributed by atoms with E-state index in [0.717, 1.165) is 0 Å². The third kappa shape index (κ3) is 3.64. The summed E-state index contributed by atoms with van der Waals surface area (Å²) >= 11 is 5.51. The number of nitrogens with zero attached hydrogens (tertiary/aromatic N) is 1. The Balaban J connectivity index is 3.24. The van der Waals surface area contributed by atoms with Crippen molar-refractivity contribution in [2.45, 2.75) is 18.8 Å². The van der Waals surface area contributed by atoms with Gasteiger partial charge in [0.2, 0.25) is 5.88 Å². The Morgan fingerprint density at radius 1 is 1.47 bits per heavy atom. The van der Waals surface area contributed by atoms with E-state index in [1.807, 2.05) is 0 Å². The molecule has 0 radical (unpaired) electrons. The van der Waals surface area contributed by atoms with Crippen LogP contribution in [0.1, 0.15) is 11.3 Å². The fraction of sp³-hybridized carbons (Fsp3) is 0.444. The van der Waals surface area contributed by atoms with Crippen LogP contribution in [0.3, 0.4) is 0 Å². The molecule has 0 aliphatic carbocycles. The third-order valence-corrected chi connectivity index (χ3v) is 2.09. The highest BCUT2D eigenvalue weighted by molar-refractivity contribution is 6.17. The summed E-state index contributed by atoms with van der Waals surface area (Å²) in [6.07, 6.45) is -4.88. The van der Waals surface area contributed by atoms with Crippen LogP contribution >= 0.6 is 11.6 Å². The fourth-order valence-electron chi connectivity index (χ4n) is 1.15. The van der Waals surface area contributed by atoms with Gasteiger partial charge in [-0.05, 0) is 0 Å². The second-order valence-corrected chi connectivity index (χ2v) is 3.21. The molecule has 96 valence electrons. The summed E-state index contributed by atoms with van der Waals surface area (Å²) in [5.74, 6) is -0.887. The lowest BCUT2D eigenvalue weighted by Gasteiger charge is -2.14. The molecule has 0 spiro atoms. The van der Waals surface area contributed by atoms with Crippen molar-refractivity contribution in [1.82, 2.24) is 4.98 Å². The molecule has 1 aromatic rings. The lowest BCUT2D eigenvalue weighted by molar-refractivity contribution is -0.276. The van der Waals surface area contributed by atoms with Crippen molar-refractivity contribution in [3.63, 3.8) is 0 Å². The summed E-state index contributed by atoms with van der Waals surface area (Å²) in [5, 5.41) is 8.86. The van der Waals surface area contributed by atoms with Crippen molar-refractivity contribution in [3.05, 3.63) is 17.3 Å². The summed E-state index contributed by atoms with van der Waals surface area (Å²) in [6.45, 7) is -0.535. The highest BCUT2D eigenvalue weighted by atomic mass is 35.5. The maximum Gasteiger partial charge on any atom is 0.574 e. The maximum absolute atomic E-state index is 12.1. The Bertz CT molecular complexity index is 398. The van der Waals surface area contributed by atoms with Gasteiger partial charge in [-0.1, -0.05) is 0 Å². The zero-order valence-electron chi connectivity index (χ0n) is 8.71. The van der Waals surface area contributed by atoms with Crippen LogP contribution in [0.2, 0.25) is 0 Å². The second kappa shape index (κ2) is 5.42. The summed E-state index contributed by atoms with van der Waals surface area (Å²) in [6, 6.07) is 1.29. The molecule has 1 N–H and O–H groups in total. The van der Waals surface area contributed by atoms with Gasteiger partial charge in [-0.3, -0.25) is 0 Å². The van der Waals surface area contributed by atoms with Crippen molar-refractivity contribution in [1.29, 1.82) is 0 Å². The fourth-order valence-corrected chi connectivity index (χ4v) is 1.40. The number of pyridine rings is 1. The van der Waals surface area contributed by atoms with E-state index < -0.39 is 18.8 Å². The predicted molar refractivity (Wildman–Crippen MR) is 53.0 cm³/mol. The van der Waals surface area contributed by atoms with Crippen molar-refractivity contribution in [2.24, 2.45) is 0 Å². The van der Waals surface area contributed by atoms with E-state index in [0.29, 0.717) is 0 Å². The average Bonchev–Trinajstić information content (AvgIpc) is 2.25. The predicted octanol–water partition coefficient (Wildman–Crippen LogP) is 2.22. The first-order valence-electron chi connectivity index (χ1n) is 4.40. The first-order valence-corrected chi connectivity index (χ1v) is 4.94. The summed E-state index contributed by atoms with van der Waals surface area (Å²) in [4.78, 5) is 3.50. The molecule has 0 aliphatic heterocycles. The first kappa shape index (κ1) is 13.9. The van der Waals surface area contributed by atoms with E-state index in [1.165, 1.54) is 13.2 Å². The Hall–Kier alpha value is -1.21. The van der Waals surface area contributed by atoms with Gasteiger partial charge >= 0.3 is 6.36 Å². The molecule has 1 heterocycles. The SMILES string of the molecule is COc1cc(CO)nc(OC(F)(F)F)c1CCl. The molecule has 0 bridgehead atoms. The number of ether oxygens (including phenoxy) is 2. The molecule has 17 heavy (non-hydrogen) atoms. The number of rotatable bonds is 4. The van der Waals surface area contributed by atoms with Gasteiger partial charge < -0.3 is 14.6 Å². The topological polar surface area (TPSA) is 51.6 Å². The van der Waals surface area contributed by atoms with Gasteiger partial charge in [0.05, 0.1) is 30.9 Å². The van der Waals surface area contributed by atoms with Crippen molar-refractivity contribution in [2.75, 3.05) is 7.11 Å². The van der Waals surface area contributed by atoms with Gasteiger partial charge in [0.25, 0.3) is 0 Å². The maximum atomic E-state index is 12.1. The summed E-state index contributed by atoms with van der Waals surface area (Å²) in [7, 11) is 1.27. The highest BCUT2D eigenvalue weighted by Crippen LogP contribution is 2.32. The van der Waals surface area contributed by atoms with Crippen LogP contribution < -0.4 is 9.47 Å². The van der Waals surface area contributed by atoms with Crippen LogP contribution in [-0.2, 0) is 12.5 Å². The molecule has 4 nitrogen and oxygen atoms in total. The number of aliphatic hydroxyl groups excluding tert-OH is 1. The smallest absolute Gasteiger partial charge is 0.496 e. The Morgan fingerprint density at radius 3 is 2.53 bits per heavy atom. The van der Waals surface area contributed by atoms with Gasteiger partial charge in [0.1, 0.15) is 5.75 Å². The van der Waals surface area contributed by atoms with Crippen molar-refractivity contribution < 1.29 is 27.8 Å². The van der Waals surface area contributed by atoms with Crippen LogP contribution in [-0.4, -0.2) is 23.6 Å². The number of halogens is 4. The Morgan fingerprint density at radius 2 is 2.12 bits per heavy atom. The second-order valence-electron chi connectivity index (χ2n) is 2.94. The minimum absolute atomic E-state index is 0.00466. The van der Waals surface area contributed by atoms with Crippen molar-refractivity contribution >= 4 is 11.6 Å². The number of alkyl halides is 4. The molecule has 1 aromatic heterocycles. The summed E-state index contributed by atoms with van der Waals surface area (Å²) < 4.78 is 44.9. The minimum Gasteiger partial charge on any atom is -0.496 e. The number of methoxy groups -OCH3 is 1. The van der Waals surface area contributed by atoms with Crippen LogP contribution in [0.5, 0.6) is 11.6 Å². The van der Waals surface area contributed by atoms with E-state index in [9.17, 15) is 13.2 Å². The normalized spacial score (nSPS) is 11.4. The minimum atomic E-state index is -4.88. The van der Waals surface area contributed by atoms with Crippen LogP contribution in [0.4, 0.5) is 13.2 Å². The molecule has 0 aliphatic rings. The highest BCUT2D eigenvalue weighted by Gasteiger charge is 2.33. The third-order valence-electron chi connectivity index (χ3n) is 1.83. The molecular formula is C9H9ClF3NO3. The molecule has 0 fully saturated rings. The first-order chi connectivity index (χ1) is 7.91. The molecule has 0 amide bonds. The van der Waals surface area contributed by atoms with E-state index in [4.69, 9.17) is 21.4 Å². The zero-order valence-corrected chi connectivity index (χ0v) is 9.47. The monoisotopic (exact) mass is 271 g/mol. The number of aromatic nitrogens is 1. The molecule has 0 atom stereocenters. The van der Waals surface area contributed by atoms with Gasteiger partial charge in [-0.25, -0.2) is 4.98 Å². The lowest BCUT2D eigenvalue weighted by Crippen LogP contribution is -2.19. The molecule has 8 heteroatoms. The molecular weight excluding hydrogens is 263 g/mol. The van der Waals surface area contributed by atoms with Crippen LogP contribution in [0, 0.1) is 0 Å². The molecule has 0 saturated heterocycles. The number of hydrogen-bond donors (Lipinski definition) is 1. The number of aliphatic hydroxyl groups is 1. The van der Waals surface area contributed by atoms with E-state index in [-0.39, 0.29) is 22.9 Å². The van der Waals surface area contributed by atoms with Crippen molar-refractivity contribution in [3.8, 4) is 11.6 Å². The van der Waals surface area contributed by atoms with Gasteiger partial charge in [0, 0.05) is 6.07 Å². The quantitative estimate of drug-likeness (QED) is 0.853.